The summed E-state index contributed by atoms with van der Waals surface area (Å²) in [5.41, 5.74) is 8.83. The fraction of sp³-hybridized carbons (Fsp3) is 0.667. The molecule has 114 valence electrons. The Morgan fingerprint density at radius 3 is 2.15 bits per heavy atom. The zero-order valence-electron chi connectivity index (χ0n) is 13.1. The van der Waals surface area contributed by atoms with Gasteiger partial charge in [0.15, 0.2) is 0 Å². The van der Waals surface area contributed by atoms with Crippen LogP contribution in [0.25, 0.3) is 0 Å². The summed E-state index contributed by atoms with van der Waals surface area (Å²) in [7, 11) is 0. The molecule has 0 amide bonds. The van der Waals surface area contributed by atoms with E-state index in [0.29, 0.717) is 0 Å². The lowest BCUT2D eigenvalue weighted by Crippen LogP contribution is -2.10. The molecule has 2 N–H and O–H groups in total. The molecule has 0 bridgehead atoms. The first kappa shape index (κ1) is 17.7. The number of hydrogen-bond acceptors (Lipinski definition) is 1. The summed E-state index contributed by atoms with van der Waals surface area (Å²) in [5, 5.41) is 0. The van der Waals surface area contributed by atoms with Gasteiger partial charge < -0.3 is 5.73 Å². The molecule has 0 fully saturated rings. The van der Waals surface area contributed by atoms with E-state index in [1.807, 2.05) is 0 Å². The van der Waals surface area contributed by atoms with Crippen molar-refractivity contribution >= 4 is 15.9 Å². The second-order valence-electron chi connectivity index (χ2n) is 5.93. The maximum absolute atomic E-state index is 6.29. The minimum atomic E-state index is 0.186. The second-order valence-corrected chi connectivity index (χ2v) is 6.85. The molecule has 1 rings (SSSR count). The highest BCUT2D eigenvalue weighted by molar-refractivity contribution is 9.10. The van der Waals surface area contributed by atoms with E-state index in [-0.39, 0.29) is 6.04 Å². The predicted molar refractivity (Wildman–Crippen MR) is 93.0 cm³/mol. The number of unbranched alkanes of at least 4 members (excludes halogenated alkanes) is 7. The van der Waals surface area contributed by atoms with Gasteiger partial charge in [-0.2, -0.15) is 0 Å². The first-order chi connectivity index (χ1) is 9.63. The molecule has 20 heavy (non-hydrogen) atoms. The van der Waals surface area contributed by atoms with Gasteiger partial charge >= 0.3 is 0 Å². The third-order valence-electron chi connectivity index (χ3n) is 3.86. The van der Waals surface area contributed by atoms with Gasteiger partial charge in [0.05, 0.1) is 0 Å². The van der Waals surface area contributed by atoms with Crippen LogP contribution in [0.4, 0.5) is 0 Å². The molecule has 0 aliphatic heterocycles. The lowest BCUT2D eigenvalue weighted by molar-refractivity contribution is 0.536. The van der Waals surface area contributed by atoms with E-state index in [9.17, 15) is 0 Å². The molecule has 0 aliphatic rings. The highest BCUT2D eigenvalue weighted by Crippen LogP contribution is 2.23. The Morgan fingerprint density at radius 2 is 1.55 bits per heavy atom. The van der Waals surface area contributed by atoms with Gasteiger partial charge in [-0.25, -0.2) is 0 Å². The summed E-state index contributed by atoms with van der Waals surface area (Å²) in [4.78, 5) is 0. The van der Waals surface area contributed by atoms with Gasteiger partial charge in [0.2, 0.25) is 0 Å². The lowest BCUT2D eigenvalue weighted by Gasteiger charge is -2.13. The fourth-order valence-corrected chi connectivity index (χ4v) is 3.27. The predicted octanol–water partition coefficient (Wildman–Crippen LogP) is 6.29. The van der Waals surface area contributed by atoms with E-state index in [1.54, 1.807) is 0 Å². The molecule has 0 spiro atoms. The molecule has 1 atom stereocenters. The molecule has 1 unspecified atom stereocenters. The molecular weight excluding hydrogens is 310 g/mol. The number of halogens is 1. The van der Waals surface area contributed by atoms with Crippen LogP contribution in [0.15, 0.2) is 22.7 Å². The molecule has 0 aromatic heterocycles. The fourth-order valence-electron chi connectivity index (χ4n) is 2.64. The van der Waals surface area contributed by atoms with E-state index in [0.717, 1.165) is 10.9 Å². The van der Waals surface area contributed by atoms with Crippen molar-refractivity contribution < 1.29 is 0 Å². The van der Waals surface area contributed by atoms with Crippen LogP contribution in [0.5, 0.6) is 0 Å². The molecule has 0 aliphatic carbocycles. The second kappa shape index (κ2) is 10.4. The first-order valence-electron chi connectivity index (χ1n) is 8.16. The van der Waals surface area contributed by atoms with Crippen molar-refractivity contribution in [2.45, 2.75) is 77.7 Å². The van der Waals surface area contributed by atoms with Gasteiger partial charge in [-0.3, -0.25) is 0 Å². The average molecular weight is 340 g/mol. The Balaban J connectivity index is 2.15. The molecule has 0 heterocycles. The number of benzene rings is 1. The van der Waals surface area contributed by atoms with Crippen molar-refractivity contribution in [1.82, 2.24) is 0 Å². The number of hydrogen-bond donors (Lipinski definition) is 1. The summed E-state index contributed by atoms with van der Waals surface area (Å²) >= 11 is 3.55. The smallest absolute Gasteiger partial charge is 0.0295 e. The van der Waals surface area contributed by atoms with Crippen molar-refractivity contribution in [3.8, 4) is 0 Å². The Morgan fingerprint density at radius 1 is 0.950 bits per heavy atom. The molecule has 1 aromatic carbocycles. The monoisotopic (exact) mass is 339 g/mol. The Bertz CT molecular complexity index is 355. The van der Waals surface area contributed by atoms with Gasteiger partial charge in [-0.15, -0.1) is 0 Å². The van der Waals surface area contributed by atoms with Crippen molar-refractivity contribution in [2.75, 3.05) is 0 Å². The number of nitrogens with two attached hydrogens (primary N) is 1. The topological polar surface area (TPSA) is 26.0 Å². The van der Waals surface area contributed by atoms with Crippen LogP contribution in [0, 0.1) is 6.92 Å². The minimum Gasteiger partial charge on any atom is -0.324 e. The van der Waals surface area contributed by atoms with Crippen LogP contribution in [0.2, 0.25) is 0 Å². The minimum absolute atomic E-state index is 0.186. The number of rotatable bonds is 10. The van der Waals surface area contributed by atoms with Crippen molar-refractivity contribution in [1.29, 1.82) is 0 Å². The zero-order valence-corrected chi connectivity index (χ0v) is 14.7. The van der Waals surface area contributed by atoms with E-state index in [2.05, 4.69) is 48.0 Å². The van der Waals surface area contributed by atoms with Gasteiger partial charge in [0.25, 0.3) is 0 Å². The van der Waals surface area contributed by atoms with Gasteiger partial charge in [-0.05, 0) is 36.6 Å². The summed E-state index contributed by atoms with van der Waals surface area (Å²) in [5.74, 6) is 0. The molecule has 2 heteroatoms. The van der Waals surface area contributed by atoms with Gasteiger partial charge in [0, 0.05) is 10.5 Å². The summed E-state index contributed by atoms with van der Waals surface area (Å²) < 4.78 is 1.14. The van der Waals surface area contributed by atoms with Gasteiger partial charge in [-0.1, -0.05) is 80.3 Å². The van der Waals surface area contributed by atoms with Crippen LogP contribution in [0.1, 0.15) is 81.9 Å². The van der Waals surface area contributed by atoms with Crippen LogP contribution in [-0.2, 0) is 0 Å². The van der Waals surface area contributed by atoms with E-state index in [4.69, 9.17) is 5.73 Å². The zero-order chi connectivity index (χ0) is 14.8. The van der Waals surface area contributed by atoms with Crippen molar-refractivity contribution in [3.05, 3.63) is 33.8 Å². The van der Waals surface area contributed by atoms with Crippen LogP contribution >= 0.6 is 15.9 Å². The van der Waals surface area contributed by atoms with Gasteiger partial charge in [0.1, 0.15) is 0 Å². The molecule has 1 aromatic rings. The Labute approximate surface area is 133 Å². The maximum Gasteiger partial charge on any atom is 0.0295 e. The highest BCUT2D eigenvalue weighted by Gasteiger charge is 2.07. The van der Waals surface area contributed by atoms with Crippen LogP contribution in [0.3, 0.4) is 0 Å². The normalized spacial score (nSPS) is 12.6. The Hall–Kier alpha value is -0.340. The lowest BCUT2D eigenvalue weighted by atomic mass is 9.99. The van der Waals surface area contributed by atoms with Crippen LogP contribution < -0.4 is 5.73 Å². The van der Waals surface area contributed by atoms with Crippen molar-refractivity contribution in [2.24, 2.45) is 5.73 Å². The van der Waals surface area contributed by atoms with E-state index in [1.165, 1.54) is 62.5 Å². The number of aryl methyl sites for hydroxylation is 1. The molecule has 0 radical (unpaired) electrons. The van der Waals surface area contributed by atoms with Crippen molar-refractivity contribution in [3.63, 3.8) is 0 Å². The largest absolute Gasteiger partial charge is 0.324 e. The third kappa shape index (κ3) is 7.44. The first-order valence-corrected chi connectivity index (χ1v) is 8.95. The van der Waals surface area contributed by atoms with E-state index < -0.39 is 0 Å². The average Bonchev–Trinajstić information content (AvgIpc) is 2.40. The standard InChI is InChI=1S/C18H30BrN/c1-3-4-5-6-7-8-9-10-11-18(20)16-12-15(2)13-17(19)14-16/h12-14,18H,3-11,20H2,1-2H3. The van der Waals surface area contributed by atoms with E-state index >= 15 is 0 Å². The van der Waals surface area contributed by atoms with Crippen LogP contribution in [-0.4, -0.2) is 0 Å². The highest BCUT2D eigenvalue weighted by atomic mass is 79.9. The summed E-state index contributed by atoms with van der Waals surface area (Å²) in [6.45, 7) is 4.39. The molecular formula is C18H30BrN. The third-order valence-corrected chi connectivity index (χ3v) is 4.32. The summed E-state index contributed by atoms with van der Waals surface area (Å²) in [6, 6.07) is 6.68. The molecule has 0 saturated carbocycles. The molecule has 1 nitrogen and oxygen atoms in total. The quantitative estimate of drug-likeness (QED) is 0.498. The Kier molecular flexibility index (Phi) is 9.21. The summed E-state index contributed by atoms with van der Waals surface area (Å²) in [6.07, 6.45) is 12.0. The maximum atomic E-state index is 6.29. The molecule has 0 saturated heterocycles. The SMILES string of the molecule is CCCCCCCCCCC(N)c1cc(C)cc(Br)c1.